The number of aliphatic imine (C=N–C) groups is 1. The molecule has 29 heavy (non-hydrogen) atoms. The molecule has 2 heterocycles. The highest BCUT2D eigenvalue weighted by molar-refractivity contribution is 8.19. The van der Waals surface area contributed by atoms with E-state index in [9.17, 15) is 10.1 Å². The average Bonchev–Trinajstić information content (AvgIpc) is 3.24. The lowest BCUT2D eigenvalue weighted by atomic mass is 10.2. The number of amidine groups is 1. The molecule has 2 aromatic rings. The van der Waals surface area contributed by atoms with Crippen LogP contribution >= 0.6 is 23.5 Å². The molecule has 1 fully saturated rings. The van der Waals surface area contributed by atoms with Crippen LogP contribution in [0.4, 0.5) is 17.1 Å². The zero-order valence-corrected chi connectivity index (χ0v) is 17.9. The number of rotatable bonds is 3. The lowest BCUT2D eigenvalue weighted by molar-refractivity contribution is -0.122. The van der Waals surface area contributed by atoms with Crippen molar-refractivity contribution in [3.63, 3.8) is 0 Å². The Morgan fingerprint density at radius 2 is 2.00 bits per heavy atom. The molecule has 0 aliphatic carbocycles. The number of carbonyl (C=O) groups is 1. The van der Waals surface area contributed by atoms with Crippen LogP contribution in [0.2, 0.25) is 0 Å². The van der Waals surface area contributed by atoms with Crippen molar-refractivity contribution in [2.45, 2.75) is 11.8 Å². The number of amides is 1. The van der Waals surface area contributed by atoms with Gasteiger partial charge in [0.2, 0.25) is 0 Å². The number of nitrogens with one attached hydrogen (secondary N) is 1. The first-order valence-electron chi connectivity index (χ1n) is 9.12. The van der Waals surface area contributed by atoms with Crippen LogP contribution in [0.3, 0.4) is 0 Å². The molecular formula is C21H19N5OS2. The summed E-state index contributed by atoms with van der Waals surface area (Å²) in [4.78, 5) is 23.5. The maximum Gasteiger partial charge on any atom is 0.269 e. The normalized spacial score (nSPS) is 19.7. The first kappa shape index (κ1) is 19.4. The molecule has 8 heteroatoms. The third-order valence-corrected chi connectivity index (χ3v) is 7.16. The molecule has 0 radical (unpaired) electrons. The van der Waals surface area contributed by atoms with Gasteiger partial charge in [0, 0.05) is 25.5 Å². The van der Waals surface area contributed by atoms with Gasteiger partial charge in [0.05, 0.1) is 33.7 Å². The fourth-order valence-electron chi connectivity index (χ4n) is 3.21. The molecule has 0 aromatic heterocycles. The molecule has 1 saturated heterocycles. The van der Waals surface area contributed by atoms with Gasteiger partial charge < -0.3 is 10.2 Å². The van der Waals surface area contributed by atoms with Gasteiger partial charge in [-0.05, 0) is 49.0 Å². The molecule has 1 N–H and O–H groups in total. The van der Waals surface area contributed by atoms with Crippen molar-refractivity contribution in [2.24, 2.45) is 4.99 Å². The summed E-state index contributed by atoms with van der Waals surface area (Å²) in [5.74, 6) is -0.0409. The Hall–Kier alpha value is -2.89. The second kappa shape index (κ2) is 7.85. The summed E-state index contributed by atoms with van der Waals surface area (Å²) >= 11 is 2.99. The number of hydrogen-bond acceptors (Lipinski definition) is 7. The Morgan fingerprint density at radius 3 is 2.69 bits per heavy atom. The number of anilines is 2. The number of hydrogen-bond donors (Lipinski definition) is 1. The van der Waals surface area contributed by atoms with Crippen LogP contribution < -0.4 is 10.2 Å². The lowest BCUT2D eigenvalue weighted by Gasteiger charge is -2.15. The largest absolute Gasteiger partial charge is 0.386 e. The maximum absolute atomic E-state index is 13.2. The van der Waals surface area contributed by atoms with Gasteiger partial charge in [-0.3, -0.25) is 9.69 Å². The minimum atomic E-state index is -0.0409. The molecule has 0 atom stereocenters. The predicted octanol–water partition coefficient (Wildman–Crippen LogP) is 4.59. The second-order valence-electron chi connectivity index (χ2n) is 6.40. The van der Waals surface area contributed by atoms with Crippen molar-refractivity contribution in [1.29, 1.82) is 5.26 Å². The molecule has 2 aromatic carbocycles. The number of para-hydroxylation sites is 1. The number of fused-ring (bicyclic) bond motifs is 1. The molecule has 2 aliphatic rings. The SMILES string of the molecule is CCN1C(=O)/C(=C2/Sc3ccccc3N2C)S/C1=N/c1cc(C#N)ccc1NC. The van der Waals surface area contributed by atoms with E-state index in [1.807, 2.05) is 39.2 Å². The standard InChI is InChI=1S/C21H19N5OS2/c1-4-26-19(27)18(20-25(3)16-7-5-6-8-17(16)28-20)29-21(26)24-15-11-13(12-22)9-10-14(15)23-2/h5-11,23H,4H2,1-3H3/b20-18-,24-21+. The van der Waals surface area contributed by atoms with Crippen LogP contribution in [0.15, 0.2) is 62.3 Å². The molecule has 4 rings (SSSR count). The van der Waals surface area contributed by atoms with Gasteiger partial charge in [-0.2, -0.15) is 5.26 Å². The number of carbonyl (C=O) groups excluding carboxylic acids is 1. The van der Waals surface area contributed by atoms with E-state index >= 15 is 0 Å². The third kappa shape index (κ3) is 3.37. The summed E-state index contributed by atoms with van der Waals surface area (Å²) in [6, 6.07) is 15.6. The second-order valence-corrected chi connectivity index (χ2v) is 8.41. The maximum atomic E-state index is 13.2. The summed E-state index contributed by atoms with van der Waals surface area (Å²) in [6.07, 6.45) is 0. The lowest BCUT2D eigenvalue weighted by Crippen LogP contribution is -2.29. The fourth-order valence-corrected chi connectivity index (χ4v) is 5.61. The van der Waals surface area contributed by atoms with Crippen LogP contribution in [0.25, 0.3) is 0 Å². The van der Waals surface area contributed by atoms with Crippen molar-refractivity contribution in [2.75, 3.05) is 30.9 Å². The van der Waals surface area contributed by atoms with E-state index in [1.165, 1.54) is 11.8 Å². The zero-order valence-electron chi connectivity index (χ0n) is 16.3. The fraction of sp³-hybridized carbons (Fsp3) is 0.190. The number of benzene rings is 2. The van der Waals surface area contributed by atoms with E-state index in [-0.39, 0.29) is 5.91 Å². The summed E-state index contributed by atoms with van der Waals surface area (Å²) in [7, 11) is 3.79. The molecule has 146 valence electrons. The monoisotopic (exact) mass is 421 g/mol. The van der Waals surface area contributed by atoms with E-state index in [1.54, 1.807) is 28.8 Å². The molecule has 0 unspecified atom stereocenters. The van der Waals surface area contributed by atoms with Crippen LogP contribution in [0.5, 0.6) is 0 Å². The highest BCUT2D eigenvalue weighted by Crippen LogP contribution is 2.50. The Balaban J connectivity index is 1.76. The summed E-state index contributed by atoms with van der Waals surface area (Å²) in [5.41, 5.74) is 3.07. The van der Waals surface area contributed by atoms with Crippen molar-refractivity contribution >= 4 is 51.7 Å². The number of thioether (sulfide) groups is 2. The number of likely N-dealkylation sites (N-methyl/N-ethyl adjacent to an activating group) is 1. The van der Waals surface area contributed by atoms with Gasteiger partial charge >= 0.3 is 0 Å². The van der Waals surface area contributed by atoms with Gasteiger partial charge in [-0.25, -0.2) is 4.99 Å². The molecule has 6 nitrogen and oxygen atoms in total. The molecule has 0 spiro atoms. The highest BCUT2D eigenvalue weighted by Gasteiger charge is 2.38. The summed E-state index contributed by atoms with van der Waals surface area (Å²) in [5, 5.41) is 13.9. The Labute approximate surface area is 178 Å². The molecule has 1 amide bonds. The van der Waals surface area contributed by atoms with Gasteiger partial charge in [0.1, 0.15) is 4.91 Å². The van der Waals surface area contributed by atoms with E-state index in [4.69, 9.17) is 4.99 Å². The van der Waals surface area contributed by atoms with E-state index in [2.05, 4.69) is 28.4 Å². The topological polar surface area (TPSA) is 71.7 Å². The minimum absolute atomic E-state index is 0.0409. The number of nitrogens with zero attached hydrogens (tertiary/aromatic N) is 4. The molecular weight excluding hydrogens is 402 g/mol. The van der Waals surface area contributed by atoms with Gasteiger partial charge in [-0.15, -0.1) is 0 Å². The molecule has 0 saturated carbocycles. The van der Waals surface area contributed by atoms with E-state index < -0.39 is 0 Å². The third-order valence-electron chi connectivity index (χ3n) is 4.72. The average molecular weight is 422 g/mol. The minimum Gasteiger partial charge on any atom is -0.386 e. The highest BCUT2D eigenvalue weighted by atomic mass is 32.2. The van der Waals surface area contributed by atoms with Crippen LogP contribution in [0.1, 0.15) is 12.5 Å². The Kier molecular flexibility index (Phi) is 5.26. The Bertz CT molecular complexity index is 1100. The summed E-state index contributed by atoms with van der Waals surface area (Å²) < 4.78 is 0. The van der Waals surface area contributed by atoms with E-state index in [0.29, 0.717) is 27.9 Å². The molecule has 2 aliphatic heterocycles. The van der Waals surface area contributed by atoms with Crippen molar-refractivity contribution in [3.05, 3.63) is 58.0 Å². The van der Waals surface area contributed by atoms with Gasteiger partial charge in [0.15, 0.2) is 5.17 Å². The van der Waals surface area contributed by atoms with Gasteiger partial charge in [-0.1, -0.05) is 23.9 Å². The van der Waals surface area contributed by atoms with Crippen LogP contribution in [-0.4, -0.2) is 36.6 Å². The molecule has 0 bridgehead atoms. The Morgan fingerprint density at radius 1 is 1.21 bits per heavy atom. The van der Waals surface area contributed by atoms with Crippen LogP contribution in [0, 0.1) is 11.3 Å². The summed E-state index contributed by atoms with van der Waals surface area (Å²) in [6.45, 7) is 2.46. The van der Waals surface area contributed by atoms with Crippen LogP contribution in [-0.2, 0) is 4.79 Å². The van der Waals surface area contributed by atoms with E-state index in [0.717, 1.165) is 21.3 Å². The quantitative estimate of drug-likeness (QED) is 0.731. The zero-order chi connectivity index (χ0) is 20.5. The van der Waals surface area contributed by atoms with Crippen molar-refractivity contribution in [3.8, 4) is 6.07 Å². The number of nitriles is 1. The van der Waals surface area contributed by atoms with Crippen molar-refractivity contribution in [1.82, 2.24) is 4.90 Å². The predicted molar refractivity (Wildman–Crippen MR) is 121 cm³/mol. The smallest absolute Gasteiger partial charge is 0.269 e. The first-order chi connectivity index (χ1) is 14.1. The van der Waals surface area contributed by atoms with Crippen molar-refractivity contribution < 1.29 is 4.79 Å². The van der Waals surface area contributed by atoms with Gasteiger partial charge in [0.25, 0.3) is 5.91 Å². The first-order valence-corrected chi connectivity index (χ1v) is 10.8.